The van der Waals surface area contributed by atoms with Crippen molar-refractivity contribution >= 4 is 15.9 Å². The zero-order valence-electron chi connectivity index (χ0n) is 16.5. The van der Waals surface area contributed by atoms with E-state index in [1.807, 2.05) is 12.1 Å². The van der Waals surface area contributed by atoms with Crippen molar-refractivity contribution in [3.05, 3.63) is 58.3 Å². The zero-order valence-corrected chi connectivity index (χ0v) is 18.1. The van der Waals surface area contributed by atoms with Crippen LogP contribution in [0, 0.1) is 17.7 Å². The molecule has 0 atom stereocenters. The van der Waals surface area contributed by atoms with Gasteiger partial charge in [0.25, 0.3) is 0 Å². The van der Waals surface area contributed by atoms with Gasteiger partial charge in [-0.3, -0.25) is 0 Å². The molecular weight excluding hydrogens is 399 g/mol. The molecule has 2 heteroatoms. The lowest BCUT2D eigenvalue weighted by molar-refractivity contribution is 0.249. The number of unbranched alkanes of at least 4 members (excludes halogenated alkanes) is 2. The smallest absolute Gasteiger partial charge is 0.132 e. The maximum atomic E-state index is 14.1. The first-order valence-electron chi connectivity index (χ1n) is 10.7. The van der Waals surface area contributed by atoms with Crippen molar-refractivity contribution in [3.8, 4) is 11.1 Å². The van der Waals surface area contributed by atoms with Crippen molar-refractivity contribution in [2.24, 2.45) is 11.8 Å². The van der Waals surface area contributed by atoms with E-state index in [9.17, 15) is 4.39 Å². The van der Waals surface area contributed by atoms with E-state index in [2.05, 4.69) is 47.1 Å². The number of rotatable bonds is 8. The number of aryl methyl sites for hydroxylation is 1. The van der Waals surface area contributed by atoms with E-state index in [1.54, 1.807) is 0 Å². The van der Waals surface area contributed by atoms with Crippen LogP contribution in [0.5, 0.6) is 0 Å². The third-order valence-corrected chi connectivity index (χ3v) is 6.71. The van der Waals surface area contributed by atoms with E-state index in [0.717, 1.165) is 28.3 Å². The van der Waals surface area contributed by atoms with Gasteiger partial charge in [0.05, 0.1) is 0 Å². The fourth-order valence-electron chi connectivity index (χ4n) is 4.44. The molecule has 1 saturated carbocycles. The molecule has 3 rings (SSSR count). The van der Waals surface area contributed by atoms with Crippen LogP contribution in [0.1, 0.15) is 70.3 Å². The molecule has 0 spiro atoms. The van der Waals surface area contributed by atoms with E-state index in [-0.39, 0.29) is 5.82 Å². The lowest BCUT2D eigenvalue weighted by atomic mass is 9.78. The van der Waals surface area contributed by atoms with Crippen LogP contribution in [0.15, 0.2) is 46.9 Å². The van der Waals surface area contributed by atoms with E-state index in [1.165, 1.54) is 69.4 Å². The predicted octanol–water partition coefficient (Wildman–Crippen LogP) is 8.57. The molecule has 27 heavy (non-hydrogen) atoms. The zero-order chi connectivity index (χ0) is 19.1. The fraction of sp³-hybridized carbons (Fsp3) is 0.520. The van der Waals surface area contributed by atoms with E-state index < -0.39 is 0 Å². The Labute approximate surface area is 172 Å². The first-order chi connectivity index (χ1) is 13.2. The summed E-state index contributed by atoms with van der Waals surface area (Å²) in [5.41, 5.74) is 3.00. The molecule has 0 N–H and O–H groups in total. The molecule has 2 aromatic carbocycles. The number of hydrogen-bond acceptors (Lipinski definition) is 0. The van der Waals surface area contributed by atoms with Gasteiger partial charge in [-0.2, -0.15) is 0 Å². The molecule has 1 fully saturated rings. The molecule has 0 amide bonds. The van der Waals surface area contributed by atoms with Crippen LogP contribution in [-0.4, -0.2) is 0 Å². The minimum atomic E-state index is -0.173. The Bertz CT molecular complexity index is 699. The summed E-state index contributed by atoms with van der Waals surface area (Å²) in [6.45, 7) is 2.29. The van der Waals surface area contributed by atoms with Crippen LogP contribution in [0.3, 0.4) is 0 Å². The van der Waals surface area contributed by atoms with Crippen molar-refractivity contribution in [2.45, 2.75) is 71.1 Å². The maximum absolute atomic E-state index is 14.1. The Hall–Kier alpha value is -1.15. The van der Waals surface area contributed by atoms with Gasteiger partial charge in [0, 0.05) is 10.0 Å². The molecule has 2 aromatic rings. The maximum Gasteiger partial charge on any atom is 0.132 e. The highest BCUT2D eigenvalue weighted by Gasteiger charge is 2.20. The van der Waals surface area contributed by atoms with E-state index >= 15 is 0 Å². The largest absolute Gasteiger partial charge is 0.206 e. The topological polar surface area (TPSA) is 0 Å². The summed E-state index contributed by atoms with van der Waals surface area (Å²) in [6.07, 6.45) is 13.8. The second-order valence-corrected chi connectivity index (χ2v) is 9.16. The van der Waals surface area contributed by atoms with Gasteiger partial charge < -0.3 is 0 Å². The molecule has 0 aliphatic heterocycles. The van der Waals surface area contributed by atoms with E-state index in [0.29, 0.717) is 5.56 Å². The highest BCUT2D eigenvalue weighted by molar-refractivity contribution is 9.10. The van der Waals surface area contributed by atoms with Crippen molar-refractivity contribution in [3.63, 3.8) is 0 Å². The first-order valence-corrected chi connectivity index (χ1v) is 11.5. The van der Waals surface area contributed by atoms with E-state index in [4.69, 9.17) is 0 Å². The van der Waals surface area contributed by atoms with Crippen molar-refractivity contribution in [1.82, 2.24) is 0 Å². The van der Waals surface area contributed by atoms with Gasteiger partial charge in [-0.1, -0.05) is 105 Å². The Kier molecular flexibility index (Phi) is 7.93. The number of benzene rings is 2. The summed E-state index contributed by atoms with van der Waals surface area (Å²) in [6, 6.07) is 13.7. The monoisotopic (exact) mass is 430 g/mol. The second-order valence-electron chi connectivity index (χ2n) is 8.24. The summed E-state index contributed by atoms with van der Waals surface area (Å²) in [5.74, 6) is 1.72. The standard InChI is InChI=1S/C25H32BrF/c1-2-3-4-5-19-6-8-20(9-7-19)10-11-21-12-14-22(15-13-21)24-17-16-23(26)18-25(24)27/h12-20H,2-11H2,1H3/t19-,20-. The summed E-state index contributed by atoms with van der Waals surface area (Å²) >= 11 is 3.32. The Morgan fingerprint density at radius 3 is 2.19 bits per heavy atom. The van der Waals surface area contributed by atoms with Crippen LogP contribution in [0.4, 0.5) is 4.39 Å². The average Bonchev–Trinajstić information content (AvgIpc) is 2.68. The minimum Gasteiger partial charge on any atom is -0.206 e. The van der Waals surface area contributed by atoms with Crippen LogP contribution >= 0.6 is 15.9 Å². The summed E-state index contributed by atoms with van der Waals surface area (Å²) < 4.78 is 14.9. The van der Waals surface area contributed by atoms with Gasteiger partial charge in [-0.05, 0) is 47.9 Å². The van der Waals surface area contributed by atoms with Crippen LogP contribution in [0.25, 0.3) is 11.1 Å². The molecule has 1 aliphatic carbocycles. The molecule has 0 nitrogen and oxygen atoms in total. The Morgan fingerprint density at radius 1 is 0.889 bits per heavy atom. The summed E-state index contributed by atoms with van der Waals surface area (Å²) in [7, 11) is 0. The number of hydrogen-bond donors (Lipinski definition) is 0. The molecule has 0 radical (unpaired) electrons. The Balaban J connectivity index is 1.46. The molecule has 1 aliphatic rings. The first kappa shape index (κ1) is 20.6. The van der Waals surface area contributed by atoms with Crippen LogP contribution < -0.4 is 0 Å². The molecular formula is C25H32BrF. The van der Waals surface area contributed by atoms with Gasteiger partial charge in [0.1, 0.15) is 5.82 Å². The van der Waals surface area contributed by atoms with Crippen LogP contribution in [0.2, 0.25) is 0 Å². The third kappa shape index (κ3) is 6.17. The predicted molar refractivity (Wildman–Crippen MR) is 117 cm³/mol. The van der Waals surface area contributed by atoms with Gasteiger partial charge in [-0.25, -0.2) is 4.39 Å². The Morgan fingerprint density at radius 2 is 1.56 bits per heavy atom. The third-order valence-electron chi connectivity index (χ3n) is 6.22. The molecule has 146 valence electrons. The van der Waals surface area contributed by atoms with Crippen molar-refractivity contribution in [1.29, 1.82) is 0 Å². The molecule has 0 aromatic heterocycles. The lowest BCUT2D eigenvalue weighted by Gasteiger charge is -2.28. The fourth-order valence-corrected chi connectivity index (χ4v) is 4.77. The highest BCUT2D eigenvalue weighted by Crippen LogP contribution is 2.34. The van der Waals surface area contributed by atoms with Gasteiger partial charge in [0.2, 0.25) is 0 Å². The summed E-state index contributed by atoms with van der Waals surface area (Å²) in [5, 5.41) is 0. The van der Waals surface area contributed by atoms with Gasteiger partial charge in [-0.15, -0.1) is 0 Å². The van der Waals surface area contributed by atoms with Gasteiger partial charge >= 0.3 is 0 Å². The van der Waals surface area contributed by atoms with Crippen molar-refractivity contribution < 1.29 is 4.39 Å². The normalized spacial score (nSPS) is 20.0. The second kappa shape index (κ2) is 10.4. The van der Waals surface area contributed by atoms with Gasteiger partial charge in [0.15, 0.2) is 0 Å². The molecule has 0 unspecified atom stereocenters. The minimum absolute atomic E-state index is 0.173. The average molecular weight is 431 g/mol. The SMILES string of the molecule is CCCCC[C@H]1CC[C@H](CCc2ccc(-c3ccc(Br)cc3F)cc2)CC1. The molecule has 0 heterocycles. The highest BCUT2D eigenvalue weighted by atomic mass is 79.9. The van der Waals surface area contributed by atoms with Crippen LogP contribution in [-0.2, 0) is 6.42 Å². The summed E-state index contributed by atoms with van der Waals surface area (Å²) in [4.78, 5) is 0. The lowest BCUT2D eigenvalue weighted by Crippen LogP contribution is -2.15. The van der Waals surface area contributed by atoms with Crippen molar-refractivity contribution in [2.75, 3.05) is 0 Å². The molecule has 0 saturated heterocycles. The quantitative estimate of drug-likeness (QED) is 0.367. The number of halogens is 2. The molecule has 0 bridgehead atoms.